The minimum absolute atomic E-state index is 0.157. The van der Waals surface area contributed by atoms with E-state index < -0.39 is 17.1 Å². The number of benzene rings is 1. The first-order chi connectivity index (χ1) is 14.7. The van der Waals surface area contributed by atoms with E-state index in [1.54, 1.807) is 34.5 Å². The van der Waals surface area contributed by atoms with Crippen LogP contribution in [0.1, 0.15) is 30.8 Å². The van der Waals surface area contributed by atoms with Crippen molar-refractivity contribution < 1.29 is 4.39 Å². The molecule has 0 atom stereocenters. The number of nitrogens with zero attached hydrogens (tertiary/aromatic N) is 6. The van der Waals surface area contributed by atoms with Crippen LogP contribution < -0.4 is 11.2 Å². The first-order valence-electron chi connectivity index (χ1n) is 10.2. The number of rotatable bonds is 5. The maximum atomic E-state index is 14.2. The van der Waals surface area contributed by atoms with Crippen LogP contribution in [-0.4, -0.2) is 28.5 Å². The molecule has 0 spiro atoms. The molecular weight excluding hydrogens is 399 g/mol. The molecule has 3 heterocycles. The Morgan fingerprint density at radius 3 is 2.42 bits per heavy atom. The van der Waals surface area contributed by atoms with Gasteiger partial charge in [0, 0.05) is 24.8 Å². The van der Waals surface area contributed by atoms with E-state index >= 15 is 0 Å². The van der Waals surface area contributed by atoms with Crippen molar-refractivity contribution in [2.24, 2.45) is 13.0 Å². The molecule has 0 radical (unpaired) electrons. The molecule has 8 nitrogen and oxygen atoms in total. The highest BCUT2D eigenvalue weighted by Gasteiger charge is 2.23. The Morgan fingerprint density at radius 1 is 1.10 bits per heavy atom. The van der Waals surface area contributed by atoms with E-state index in [1.165, 1.54) is 10.6 Å². The van der Waals surface area contributed by atoms with Crippen molar-refractivity contribution in [3.8, 4) is 5.95 Å². The summed E-state index contributed by atoms with van der Waals surface area (Å²) < 4.78 is 20.1. The van der Waals surface area contributed by atoms with Gasteiger partial charge in [0.1, 0.15) is 5.82 Å². The van der Waals surface area contributed by atoms with Crippen molar-refractivity contribution in [2.45, 2.75) is 40.8 Å². The molecule has 0 saturated heterocycles. The number of halogens is 1. The van der Waals surface area contributed by atoms with Crippen LogP contribution in [0.4, 0.5) is 4.39 Å². The predicted octanol–water partition coefficient (Wildman–Crippen LogP) is 2.54. The summed E-state index contributed by atoms with van der Waals surface area (Å²) >= 11 is 0. The number of hydrogen-bond donors (Lipinski definition) is 0. The zero-order valence-electron chi connectivity index (χ0n) is 18.3. The number of fused-ring (bicyclic) bond motifs is 1. The molecule has 31 heavy (non-hydrogen) atoms. The maximum Gasteiger partial charge on any atom is 0.332 e. The van der Waals surface area contributed by atoms with E-state index in [2.05, 4.69) is 10.1 Å². The van der Waals surface area contributed by atoms with Crippen LogP contribution in [-0.2, 0) is 20.1 Å². The van der Waals surface area contributed by atoms with Crippen molar-refractivity contribution in [2.75, 3.05) is 0 Å². The quantitative estimate of drug-likeness (QED) is 0.493. The lowest BCUT2D eigenvalue weighted by molar-refractivity contribution is 0.516. The Hall–Kier alpha value is -3.49. The van der Waals surface area contributed by atoms with Crippen LogP contribution in [0.25, 0.3) is 17.1 Å². The van der Waals surface area contributed by atoms with Crippen molar-refractivity contribution in [1.29, 1.82) is 0 Å². The topological polar surface area (TPSA) is 79.6 Å². The fourth-order valence-electron chi connectivity index (χ4n) is 3.83. The standard InChI is InChI=1S/C22H25FN6O2/c1-13(2)11-27-18-19(24-21(27)29-15(4)10-14(3)25-29)26(5)22(31)28(20(18)30)12-16-8-6-7-9-17(16)23/h6-10,13H,11-12H2,1-5H3. The normalized spacial score (nSPS) is 11.7. The summed E-state index contributed by atoms with van der Waals surface area (Å²) in [6, 6.07) is 8.05. The highest BCUT2D eigenvalue weighted by molar-refractivity contribution is 5.72. The van der Waals surface area contributed by atoms with Crippen molar-refractivity contribution in [1.82, 2.24) is 28.5 Å². The second kappa shape index (κ2) is 7.64. The number of aromatic nitrogens is 6. The van der Waals surface area contributed by atoms with Gasteiger partial charge in [0.15, 0.2) is 11.2 Å². The largest absolute Gasteiger partial charge is 0.332 e. The van der Waals surface area contributed by atoms with Gasteiger partial charge in [-0.2, -0.15) is 10.1 Å². The minimum Gasteiger partial charge on any atom is -0.302 e. The fraction of sp³-hybridized carbons (Fsp3) is 0.364. The van der Waals surface area contributed by atoms with Crippen LogP contribution in [0.5, 0.6) is 0 Å². The lowest BCUT2D eigenvalue weighted by Crippen LogP contribution is -2.40. The van der Waals surface area contributed by atoms with Crippen LogP contribution >= 0.6 is 0 Å². The van der Waals surface area contributed by atoms with Crippen LogP contribution in [0.3, 0.4) is 0 Å². The van der Waals surface area contributed by atoms with Gasteiger partial charge < -0.3 is 4.57 Å². The summed E-state index contributed by atoms with van der Waals surface area (Å²) in [5.74, 6) is 0.227. The average molecular weight is 424 g/mol. The second-order valence-corrected chi connectivity index (χ2v) is 8.25. The molecule has 9 heteroatoms. The molecule has 0 saturated carbocycles. The van der Waals surface area contributed by atoms with E-state index in [4.69, 9.17) is 0 Å². The molecule has 4 aromatic rings. The van der Waals surface area contributed by atoms with Crippen molar-refractivity contribution >= 4 is 11.2 Å². The van der Waals surface area contributed by atoms with Crippen LogP contribution in [0, 0.1) is 25.6 Å². The van der Waals surface area contributed by atoms with Crippen LogP contribution in [0.2, 0.25) is 0 Å². The van der Waals surface area contributed by atoms with Gasteiger partial charge in [-0.05, 0) is 31.9 Å². The van der Waals surface area contributed by atoms with Crippen molar-refractivity contribution in [3.05, 3.63) is 73.9 Å². The first kappa shape index (κ1) is 20.8. The van der Waals surface area contributed by atoms with E-state index in [1.807, 2.05) is 33.8 Å². The number of hydrogen-bond acceptors (Lipinski definition) is 4. The Morgan fingerprint density at radius 2 is 1.81 bits per heavy atom. The van der Waals surface area contributed by atoms with Gasteiger partial charge in [-0.1, -0.05) is 32.0 Å². The predicted molar refractivity (Wildman–Crippen MR) is 116 cm³/mol. The first-order valence-corrected chi connectivity index (χ1v) is 10.2. The Labute approximate surface area is 178 Å². The molecule has 0 aliphatic heterocycles. The number of aryl methyl sites for hydroxylation is 3. The highest BCUT2D eigenvalue weighted by Crippen LogP contribution is 2.19. The highest BCUT2D eigenvalue weighted by atomic mass is 19.1. The maximum absolute atomic E-state index is 14.2. The van der Waals surface area contributed by atoms with E-state index in [-0.39, 0.29) is 23.7 Å². The van der Waals surface area contributed by atoms with E-state index in [9.17, 15) is 14.0 Å². The fourth-order valence-corrected chi connectivity index (χ4v) is 3.83. The summed E-state index contributed by atoms with van der Waals surface area (Å²) in [5, 5.41) is 4.51. The molecule has 0 aliphatic rings. The zero-order valence-corrected chi connectivity index (χ0v) is 18.3. The SMILES string of the molecule is Cc1cc(C)n(-c2nc3c(c(=O)n(Cc4ccccc4F)c(=O)n3C)n2CC(C)C)n1. The molecule has 3 aromatic heterocycles. The third kappa shape index (κ3) is 3.49. The minimum atomic E-state index is -0.546. The summed E-state index contributed by atoms with van der Waals surface area (Å²) in [6.07, 6.45) is 0. The summed E-state index contributed by atoms with van der Waals surface area (Å²) in [6.45, 7) is 8.23. The average Bonchev–Trinajstić information content (AvgIpc) is 3.23. The van der Waals surface area contributed by atoms with Gasteiger partial charge in [0.25, 0.3) is 5.56 Å². The second-order valence-electron chi connectivity index (χ2n) is 8.25. The van der Waals surface area contributed by atoms with Gasteiger partial charge in [0.05, 0.1) is 12.2 Å². The molecule has 0 bridgehead atoms. The van der Waals surface area contributed by atoms with Gasteiger partial charge >= 0.3 is 5.69 Å². The molecule has 1 aromatic carbocycles. The smallest absolute Gasteiger partial charge is 0.302 e. The Balaban J connectivity index is 2.04. The Bertz CT molecular complexity index is 1410. The lowest BCUT2D eigenvalue weighted by Gasteiger charge is -2.13. The molecule has 162 valence electrons. The van der Waals surface area contributed by atoms with E-state index in [0.29, 0.717) is 18.0 Å². The van der Waals surface area contributed by atoms with Gasteiger partial charge in [-0.3, -0.25) is 13.9 Å². The molecular formula is C22H25FN6O2. The number of imidazole rings is 1. The molecule has 0 aliphatic carbocycles. The lowest BCUT2D eigenvalue weighted by atomic mass is 10.2. The molecule has 0 N–H and O–H groups in total. The molecule has 0 unspecified atom stereocenters. The summed E-state index contributed by atoms with van der Waals surface area (Å²) in [5.41, 5.74) is 1.51. The third-order valence-corrected chi connectivity index (χ3v) is 5.25. The van der Waals surface area contributed by atoms with Gasteiger partial charge in [-0.15, -0.1) is 0 Å². The molecule has 4 rings (SSSR count). The summed E-state index contributed by atoms with van der Waals surface area (Å²) in [4.78, 5) is 31.1. The molecule has 0 amide bonds. The molecule has 0 fully saturated rings. The summed E-state index contributed by atoms with van der Waals surface area (Å²) in [7, 11) is 1.57. The zero-order chi connectivity index (χ0) is 22.4. The van der Waals surface area contributed by atoms with Gasteiger partial charge in [0.2, 0.25) is 5.95 Å². The Kier molecular flexibility index (Phi) is 5.12. The van der Waals surface area contributed by atoms with Crippen LogP contribution in [0.15, 0.2) is 39.9 Å². The third-order valence-electron chi connectivity index (χ3n) is 5.25. The van der Waals surface area contributed by atoms with Gasteiger partial charge in [-0.25, -0.2) is 13.9 Å². The van der Waals surface area contributed by atoms with E-state index in [0.717, 1.165) is 16.0 Å². The monoisotopic (exact) mass is 424 g/mol. The van der Waals surface area contributed by atoms with Crippen molar-refractivity contribution in [3.63, 3.8) is 0 Å².